The first-order valence-corrected chi connectivity index (χ1v) is 12.0. The molecule has 0 atom stereocenters. The topological polar surface area (TPSA) is 61.4 Å². The number of hydrogen-bond donors (Lipinski definition) is 2. The average molecular weight is 390 g/mol. The van der Waals surface area contributed by atoms with E-state index in [9.17, 15) is 9.59 Å². The van der Waals surface area contributed by atoms with Gasteiger partial charge in [0.2, 0.25) is 11.8 Å². The first-order valence-electron chi connectivity index (χ1n) is 12.0. The fourth-order valence-corrected chi connectivity index (χ4v) is 5.47. The minimum Gasteiger partial charge on any atom is -0.353 e. The Balaban J connectivity index is 1.12. The van der Waals surface area contributed by atoms with Crippen molar-refractivity contribution < 1.29 is 9.59 Å². The quantitative estimate of drug-likeness (QED) is 0.703. The predicted molar refractivity (Wildman–Crippen MR) is 111 cm³/mol. The lowest BCUT2D eigenvalue weighted by molar-refractivity contribution is -0.137. The minimum absolute atomic E-state index is 0.180. The molecule has 3 saturated carbocycles. The highest BCUT2D eigenvalue weighted by Gasteiger charge is 2.32. The molecule has 4 rings (SSSR count). The van der Waals surface area contributed by atoms with Crippen molar-refractivity contribution in [3.63, 3.8) is 0 Å². The van der Waals surface area contributed by atoms with Gasteiger partial charge in [0.25, 0.3) is 0 Å². The molecular formula is C23H39N3O2. The van der Waals surface area contributed by atoms with E-state index in [0.717, 1.165) is 57.5 Å². The van der Waals surface area contributed by atoms with E-state index in [2.05, 4.69) is 15.5 Å². The fourth-order valence-electron chi connectivity index (χ4n) is 5.47. The summed E-state index contributed by atoms with van der Waals surface area (Å²) >= 11 is 0. The number of hydrogen-bond acceptors (Lipinski definition) is 3. The van der Waals surface area contributed by atoms with Gasteiger partial charge in [-0.05, 0) is 82.6 Å². The van der Waals surface area contributed by atoms with E-state index < -0.39 is 0 Å². The number of likely N-dealkylation sites (tertiary alicyclic amines) is 1. The summed E-state index contributed by atoms with van der Waals surface area (Å²) in [6.45, 7) is 3.01. The van der Waals surface area contributed by atoms with Crippen molar-refractivity contribution in [3.05, 3.63) is 0 Å². The van der Waals surface area contributed by atoms with Crippen LogP contribution in [-0.2, 0) is 9.59 Å². The van der Waals surface area contributed by atoms with Crippen LogP contribution in [0.3, 0.4) is 0 Å². The Morgan fingerprint density at radius 2 is 1.43 bits per heavy atom. The Labute approximate surface area is 170 Å². The molecule has 5 nitrogen and oxygen atoms in total. The van der Waals surface area contributed by atoms with Gasteiger partial charge in [-0.25, -0.2) is 0 Å². The number of rotatable bonds is 7. The highest BCUT2D eigenvalue weighted by molar-refractivity contribution is 5.79. The largest absolute Gasteiger partial charge is 0.353 e. The van der Waals surface area contributed by atoms with Gasteiger partial charge >= 0.3 is 0 Å². The summed E-state index contributed by atoms with van der Waals surface area (Å²) in [5.41, 5.74) is 0. The van der Waals surface area contributed by atoms with Crippen LogP contribution in [0.2, 0.25) is 0 Å². The normalized spacial score (nSPS) is 29.8. The van der Waals surface area contributed by atoms with E-state index in [1.807, 2.05) is 0 Å². The monoisotopic (exact) mass is 389 g/mol. The van der Waals surface area contributed by atoms with Crippen LogP contribution in [0.4, 0.5) is 0 Å². The molecule has 0 radical (unpaired) electrons. The molecule has 0 unspecified atom stereocenters. The lowest BCUT2D eigenvalue weighted by Crippen LogP contribution is -2.48. The SMILES string of the molecule is O=C(CC1CCCC1)NC1CCC(C(=O)N2CCC(NCC3CC3)CC2)CC1. The molecule has 2 amide bonds. The Bertz CT molecular complexity index is 526. The molecular weight excluding hydrogens is 350 g/mol. The molecule has 5 heteroatoms. The maximum Gasteiger partial charge on any atom is 0.225 e. The van der Waals surface area contributed by atoms with Crippen molar-refractivity contribution in [2.45, 2.75) is 95.6 Å². The summed E-state index contributed by atoms with van der Waals surface area (Å²) in [6, 6.07) is 0.894. The lowest BCUT2D eigenvalue weighted by atomic mass is 9.84. The molecule has 0 aromatic rings. The lowest BCUT2D eigenvalue weighted by Gasteiger charge is -2.36. The number of piperidine rings is 1. The van der Waals surface area contributed by atoms with Gasteiger partial charge in [0.05, 0.1) is 0 Å². The Morgan fingerprint density at radius 1 is 0.750 bits per heavy atom. The summed E-state index contributed by atoms with van der Waals surface area (Å²) in [5.74, 6) is 2.32. The number of carbonyl (C=O) groups excluding carboxylic acids is 2. The van der Waals surface area contributed by atoms with E-state index >= 15 is 0 Å². The molecule has 28 heavy (non-hydrogen) atoms. The van der Waals surface area contributed by atoms with Gasteiger partial charge < -0.3 is 15.5 Å². The first-order chi connectivity index (χ1) is 13.7. The van der Waals surface area contributed by atoms with Gasteiger partial charge in [0, 0.05) is 37.5 Å². The zero-order valence-corrected chi connectivity index (χ0v) is 17.5. The van der Waals surface area contributed by atoms with E-state index in [-0.39, 0.29) is 17.9 Å². The van der Waals surface area contributed by atoms with Crippen molar-refractivity contribution in [2.75, 3.05) is 19.6 Å². The van der Waals surface area contributed by atoms with Crippen LogP contribution in [0.25, 0.3) is 0 Å². The summed E-state index contributed by atoms with van der Waals surface area (Å²) in [5, 5.41) is 6.94. The highest BCUT2D eigenvalue weighted by atomic mass is 16.2. The third kappa shape index (κ3) is 5.71. The summed E-state index contributed by atoms with van der Waals surface area (Å²) in [6.07, 6.45) is 14.5. The summed E-state index contributed by atoms with van der Waals surface area (Å²) < 4.78 is 0. The van der Waals surface area contributed by atoms with E-state index in [4.69, 9.17) is 0 Å². The van der Waals surface area contributed by atoms with Crippen molar-refractivity contribution in [2.24, 2.45) is 17.8 Å². The van der Waals surface area contributed by atoms with Crippen LogP contribution >= 0.6 is 0 Å². The number of carbonyl (C=O) groups is 2. The Hall–Kier alpha value is -1.10. The maximum absolute atomic E-state index is 12.9. The van der Waals surface area contributed by atoms with Gasteiger partial charge in [0.15, 0.2) is 0 Å². The van der Waals surface area contributed by atoms with Gasteiger partial charge in [-0.3, -0.25) is 9.59 Å². The molecule has 0 spiro atoms. The van der Waals surface area contributed by atoms with Crippen molar-refractivity contribution in [1.82, 2.24) is 15.5 Å². The van der Waals surface area contributed by atoms with Crippen LogP contribution in [0.1, 0.15) is 83.5 Å². The van der Waals surface area contributed by atoms with E-state index in [1.165, 1.54) is 45.1 Å². The summed E-state index contributed by atoms with van der Waals surface area (Å²) in [4.78, 5) is 27.3. The molecule has 158 valence electrons. The van der Waals surface area contributed by atoms with Gasteiger partial charge in [-0.1, -0.05) is 12.8 Å². The number of amides is 2. The molecule has 1 heterocycles. The minimum atomic E-state index is 0.180. The third-order valence-corrected chi connectivity index (χ3v) is 7.59. The van der Waals surface area contributed by atoms with Crippen LogP contribution in [0.15, 0.2) is 0 Å². The van der Waals surface area contributed by atoms with Crippen LogP contribution in [0, 0.1) is 17.8 Å². The second-order valence-corrected chi connectivity index (χ2v) is 9.92. The summed E-state index contributed by atoms with van der Waals surface area (Å²) in [7, 11) is 0. The molecule has 3 aliphatic carbocycles. The van der Waals surface area contributed by atoms with Crippen LogP contribution in [0.5, 0.6) is 0 Å². The molecule has 1 aliphatic heterocycles. The standard InChI is InChI=1S/C23H39N3O2/c27-22(15-17-3-1-2-4-17)25-21-9-7-19(8-10-21)23(28)26-13-11-20(12-14-26)24-16-18-5-6-18/h17-21,24H,1-16H2,(H,25,27). The van der Waals surface area contributed by atoms with Crippen molar-refractivity contribution in [1.29, 1.82) is 0 Å². The van der Waals surface area contributed by atoms with Gasteiger partial charge in [-0.2, -0.15) is 0 Å². The molecule has 0 bridgehead atoms. The van der Waals surface area contributed by atoms with Gasteiger partial charge in [-0.15, -0.1) is 0 Å². The molecule has 2 N–H and O–H groups in total. The average Bonchev–Trinajstić information content (AvgIpc) is 3.41. The second-order valence-electron chi connectivity index (χ2n) is 9.92. The number of nitrogens with one attached hydrogen (secondary N) is 2. The zero-order valence-electron chi connectivity index (χ0n) is 17.5. The molecule has 4 aliphatic rings. The van der Waals surface area contributed by atoms with Crippen LogP contribution < -0.4 is 10.6 Å². The van der Waals surface area contributed by atoms with Crippen LogP contribution in [-0.4, -0.2) is 48.4 Å². The molecule has 1 saturated heterocycles. The molecule has 4 fully saturated rings. The fraction of sp³-hybridized carbons (Fsp3) is 0.913. The first kappa shape index (κ1) is 20.2. The zero-order chi connectivity index (χ0) is 19.3. The predicted octanol–water partition coefficient (Wildman–Crippen LogP) is 3.23. The molecule has 0 aromatic heterocycles. The second kappa shape index (κ2) is 9.60. The van der Waals surface area contributed by atoms with Gasteiger partial charge in [0.1, 0.15) is 0 Å². The Morgan fingerprint density at radius 3 is 2.07 bits per heavy atom. The van der Waals surface area contributed by atoms with E-state index in [0.29, 0.717) is 24.3 Å². The molecule has 0 aromatic carbocycles. The number of nitrogens with zero attached hydrogens (tertiary/aromatic N) is 1. The van der Waals surface area contributed by atoms with Crippen molar-refractivity contribution in [3.8, 4) is 0 Å². The Kier molecular flexibility index (Phi) is 6.92. The highest BCUT2D eigenvalue weighted by Crippen LogP contribution is 2.30. The third-order valence-electron chi connectivity index (χ3n) is 7.59. The van der Waals surface area contributed by atoms with E-state index in [1.54, 1.807) is 0 Å². The maximum atomic E-state index is 12.9. The smallest absolute Gasteiger partial charge is 0.225 e. The van der Waals surface area contributed by atoms with Crippen molar-refractivity contribution >= 4 is 11.8 Å².